The molecule has 54 heavy (non-hydrogen) atoms. The van der Waals surface area contributed by atoms with Gasteiger partial charge in [-0.25, -0.2) is 15.0 Å². The van der Waals surface area contributed by atoms with Crippen molar-refractivity contribution in [2.75, 3.05) is 4.90 Å². The Morgan fingerprint density at radius 2 is 1.59 bits per heavy atom. The largest absolute Gasteiger partial charge is 0.333 e. The van der Waals surface area contributed by atoms with Crippen LogP contribution in [0.2, 0.25) is 0 Å². The van der Waals surface area contributed by atoms with Crippen LogP contribution >= 0.6 is 11.3 Å². The highest BCUT2D eigenvalue weighted by atomic mass is 32.1. The van der Waals surface area contributed by atoms with E-state index in [0.717, 1.165) is 54.3 Å². The summed E-state index contributed by atoms with van der Waals surface area (Å²) in [5, 5.41) is 1.32. The van der Waals surface area contributed by atoms with Crippen molar-refractivity contribution in [1.82, 2.24) is 15.0 Å². The molecular weight excluding hydrogens is 677 g/mol. The number of fused-ring (bicyclic) bond motifs is 7. The number of aryl methyl sites for hydroxylation is 1. The number of para-hydroxylation sites is 1. The number of hydrogen-bond acceptors (Lipinski definition) is 5. The van der Waals surface area contributed by atoms with E-state index in [0.29, 0.717) is 5.92 Å². The van der Waals surface area contributed by atoms with Crippen LogP contribution in [-0.2, 0) is 0 Å². The molecule has 0 saturated heterocycles. The highest BCUT2D eigenvalue weighted by Gasteiger charge is 2.32. The molecule has 10 rings (SSSR count). The van der Waals surface area contributed by atoms with E-state index in [1.807, 2.05) is 11.3 Å². The average Bonchev–Trinajstić information content (AvgIpc) is 3.56. The first-order valence-corrected chi connectivity index (χ1v) is 20.2. The lowest BCUT2D eigenvalue weighted by Crippen LogP contribution is -2.31. The zero-order valence-corrected chi connectivity index (χ0v) is 31.6. The Kier molecular flexibility index (Phi) is 8.33. The lowest BCUT2D eigenvalue weighted by atomic mass is 9.91. The maximum atomic E-state index is 5.14. The van der Waals surface area contributed by atoms with Crippen molar-refractivity contribution >= 4 is 49.5 Å². The molecule has 4 aromatic carbocycles. The number of thiophene rings is 1. The Bertz CT molecular complexity index is 2620. The summed E-state index contributed by atoms with van der Waals surface area (Å²) in [6.07, 6.45) is 22.4. The summed E-state index contributed by atoms with van der Waals surface area (Å²) in [5.74, 6) is 2.79. The van der Waals surface area contributed by atoms with Crippen molar-refractivity contribution in [1.29, 1.82) is 0 Å². The maximum absolute atomic E-state index is 5.14. The van der Waals surface area contributed by atoms with Gasteiger partial charge in [-0.1, -0.05) is 116 Å². The Labute approximate surface area is 321 Å². The normalized spacial score (nSPS) is 19.0. The third-order valence-electron chi connectivity index (χ3n) is 11.3. The van der Waals surface area contributed by atoms with E-state index in [-0.39, 0.29) is 6.04 Å². The van der Waals surface area contributed by atoms with E-state index in [4.69, 9.17) is 15.0 Å². The molecule has 264 valence electrons. The van der Waals surface area contributed by atoms with E-state index >= 15 is 0 Å². The van der Waals surface area contributed by atoms with E-state index in [2.05, 4.69) is 152 Å². The fourth-order valence-electron chi connectivity index (χ4n) is 8.65. The van der Waals surface area contributed by atoms with Gasteiger partial charge in [-0.15, -0.1) is 11.3 Å². The molecule has 0 fully saturated rings. The highest BCUT2D eigenvalue weighted by molar-refractivity contribution is 7.23. The van der Waals surface area contributed by atoms with Crippen LogP contribution in [0.4, 0.5) is 11.4 Å². The Hall–Kier alpha value is -5.65. The lowest BCUT2D eigenvalue weighted by Gasteiger charge is -2.35. The molecule has 4 aliphatic rings. The third-order valence-corrected chi connectivity index (χ3v) is 12.5. The average molecular weight is 719 g/mol. The summed E-state index contributed by atoms with van der Waals surface area (Å²) in [4.78, 5) is 19.3. The fourth-order valence-corrected chi connectivity index (χ4v) is 9.89. The second kappa shape index (κ2) is 13.6. The quantitative estimate of drug-likeness (QED) is 0.178. The van der Waals surface area contributed by atoms with Gasteiger partial charge in [0.25, 0.3) is 0 Å². The van der Waals surface area contributed by atoms with Gasteiger partial charge < -0.3 is 4.90 Å². The molecule has 0 radical (unpaired) electrons. The number of anilines is 2. The standard InChI is InChI=1S/C49H42N4S/c1-31-13-10-18-36(27-31)48-50-47(33-14-4-3-5-15-33)51-49(52-48)37-19-11-16-34(29-37)35-17-12-20-38(30-35)53-42-23-8-6-21-39(42)45-40-22-7-9-24-44(40)54-46(45)41-28-32(2)25-26-43(41)53/h6-12,14,16-29,31,38H,3-5,13,15,30H2,1-2H3. The molecule has 2 unspecified atom stereocenters. The lowest BCUT2D eigenvalue weighted by molar-refractivity contribution is 0.733. The van der Waals surface area contributed by atoms with Gasteiger partial charge in [0.05, 0.1) is 11.7 Å². The summed E-state index contributed by atoms with van der Waals surface area (Å²) in [5.41, 5.74) is 13.6. The number of benzene rings is 4. The van der Waals surface area contributed by atoms with Crippen LogP contribution in [-0.4, -0.2) is 21.0 Å². The Balaban J connectivity index is 1.04. The van der Waals surface area contributed by atoms with E-state index < -0.39 is 0 Å². The van der Waals surface area contributed by atoms with Crippen molar-refractivity contribution in [2.24, 2.45) is 5.92 Å². The van der Waals surface area contributed by atoms with Crippen LogP contribution in [0.1, 0.15) is 68.2 Å². The van der Waals surface area contributed by atoms with Crippen molar-refractivity contribution in [3.63, 3.8) is 0 Å². The minimum Gasteiger partial charge on any atom is -0.333 e. The van der Waals surface area contributed by atoms with Crippen LogP contribution in [0.3, 0.4) is 0 Å². The molecule has 4 nitrogen and oxygen atoms in total. The molecule has 6 aromatic rings. The van der Waals surface area contributed by atoms with E-state index in [1.165, 1.54) is 78.1 Å². The first kappa shape index (κ1) is 33.0. The molecule has 0 amide bonds. The second-order valence-corrected chi connectivity index (χ2v) is 16.2. The molecule has 1 aliphatic heterocycles. The van der Waals surface area contributed by atoms with Crippen LogP contribution in [0.5, 0.6) is 0 Å². The number of allylic oxidation sites excluding steroid dienone is 8. The van der Waals surface area contributed by atoms with Gasteiger partial charge in [-0.2, -0.15) is 0 Å². The predicted molar refractivity (Wildman–Crippen MR) is 228 cm³/mol. The van der Waals surface area contributed by atoms with Crippen LogP contribution in [0.25, 0.3) is 59.8 Å². The molecular formula is C49H42N4S. The fraction of sp³-hybridized carbons (Fsp3) is 0.204. The Morgan fingerprint density at radius 1 is 0.759 bits per heavy atom. The molecule has 0 saturated carbocycles. The topological polar surface area (TPSA) is 41.9 Å². The molecule has 0 N–H and O–H groups in total. The Morgan fingerprint density at radius 3 is 2.50 bits per heavy atom. The van der Waals surface area contributed by atoms with Gasteiger partial charge in [-0.05, 0) is 98.4 Å². The van der Waals surface area contributed by atoms with Gasteiger partial charge in [0.15, 0.2) is 17.5 Å². The molecule has 3 aliphatic carbocycles. The van der Waals surface area contributed by atoms with Gasteiger partial charge >= 0.3 is 0 Å². The second-order valence-electron chi connectivity index (χ2n) is 15.2. The van der Waals surface area contributed by atoms with Gasteiger partial charge in [-0.3, -0.25) is 0 Å². The van der Waals surface area contributed by atoms with Crippen LogP contribution in [0.15, 0.2) is 134 Å². The first-order chi connectivity index (χ1) is 26.6. The van der Waals surface area contributed by atoms with Gasteiger partial charge in [0, 0.05) is 48.5 Å². The number of hydrogen-bond donors (Lipinski definition) is 0. The smallest absolute Gasteiger partial charge is 0.164 e. The monoisotopic (exact) mass is 718 g/mol. The molecule has 0 spiro atoms. The predicted octanol–water partition coefficient (Wildman–Crippen LogP) is 13.2. The minimum absolute atomic E-state index is 0.122. The van der Waals surface area contributed by atoms with Crippen molar-refractivity contribution in [3.05, 3.63) is 156 Å². The number of aromatic nitrogens is 3. The van der Waals surface area contributed by atoms with E-state index in [9.17, 15) is 0 Å². The molecule has 5 heteroatoms. The summed E-state index contributed by atoms with van der Waals surface area (Å²) in [6.45, 7) is 4.46. The minimum atomic E-state index is 0.122. The van der Waals surface area contributed by atoms with Gasteiger partial charge in [0.1, 0.15) is 0 Å². The molecule has 3 heterocycles. The van der Waals surface area contributed by atoms with Crippen molar-refractivity contribution in [3.8, 4) is 33.0 Å². The molecule has 2 aromatic heterocycles. The number of rotatable bonds is 5. The van der Waals surface area contributed by atoms with Crippen molar-refractivity contribution in [2.45, 2.75) is 58.4 Å². The summed E-state index contributed by atoms with van der Waals surface area (Å²) >= 11 is 1.91. The van der Waals surface area contributed by atoms with Crippen LogP contribution in [0, 0.1) is 12.8 Å². The number of nitrogens with zero attached hydrogens (tertiary/aromatic N) is 4. The summed E-state index contributed by atoms with van der Waals surface area (Å²) < 4.78 is 1.33. The van der Waals surface area contributed by atoms with E-state index in [1.54, 1.807) is 0 Å². The van der Waals surface area contributed by atoms with Gasteiger partial charge in [0.2, 0.25) is 0 Å². The SMILES string of the molecule is Cc1ccc2c(c1)-c1sc3ccccc3c1-c1ccccc1N2C1C=CC=C(c2cccc(-c3nc(C4=CC(C)CC=C4)nc(C4=CCCCC4)n3)c2)C1. The van der Waals surface area contributed by atoms with Crippen LogP contribution < -0.4 is 4.90 Å². The molecule has 0 bridgehead atoms. The highest BCUT2D eigenvalue weighted by Crippen LogP contribution is 2.55. The first-order valence-electron chi connectivity index (χ1n) is 19.4. The summed E-state index contributed by atoms with van der Waals surface area (Å²) in [6, 6.07) is 33.8. The zero-order chi connectivity index (χ0) is 36.2. The third kappa shape index (κ3) is 5.88. The summed E-state index contributed by atoms with van der Waals surface area (Å²) in [7, 11) is 0. The maximum Gasteiger partial charge on any atom is 0.164 e. The zero-order valence-electron chi connectivity index (χ0n) is 30.8. The van der Waals surface area contributed by atoms with Crippen molar-refractivity contribution < 1.29 is 0 Å². The molecule has 2 atom stereocenters.